The van der Waals surface area contributed by atoms with Crippen LogP contribution in [0.4, 0.5) is 4.79 Å². The van der Waals surface area contributed by atoms with E-state index in [1.54, 1.807) is 4.90 Å². The minimum Gasteiger partial charge on any atom is -0.465 e. The van der Waals surface area contributed by atoms with Gasteiger partial charge in [-0.15, -0.1) is 0 Å². The van der Waals surface area contributed by atoms with Gasteiger partial charge in [-0.1, -0.05) is 24.3 Å². The van der Waals surface area contributed by atoms with Crippen LogP contribution >= 0.6 is 0 Å². The Morgan fingerprint density at radius 1 is 1.44 bits per heavy atom. The largest absolute Gasteiger partial charge is 0.465 e. The van der Waals surface area contributed by atoms with Gasteiger partial charge < -0.3 is 10.4 Å². The first-order valence-electron chi connectivity index (χ1n) is 6.37. The number of nitrogens with zero attached hydrogens (tertiary/aromatic N) is 1. The van der Waals surface area contributed by atoms with E-state index in [0.717, 1.165) is 24.0 Å². The summed E-state index contributed by atoms with van der Waals surface area (Å²) in [5.41, 5.74) is 2.26. The van der Waals surface area contributed by atoms with Crippen molar-refractivity contribution in [1.29, 1.82) is 0 Å². The van der Waals surface area contributed by atoms with Gasteiger partial charge in [-0.25, -0.2) is 4.79 Å². The van der Waals surface area contributed by atoms with E-state index in [1.165, 1.54) is 0 Å². The molecule has 0 radical (unpaired) electrons. The van der Waals surface area contributed by atoms with Gasteiger partial charge in [0.2, 0.25) is 0 Å². The Labute approximate surface area is 108 Å². The summed E-state index contributed by atoms with van der Waals surface area (Å²) in [4.78, 5) is 13.0. The molecule has 0 bridgehead atoms. The molecule has 1 aliphatic rings. The summed E-state index contributed by atoms with van der Waals surface area (Å²) in [6.07, 6.45) is 1.10. The predicted octanol–water partition coefficient (Wildman–Crippen LogP) is 2.40. The standard InChI is InChI=1S/C14H20N2O2/c1-10-6-3-4-7-11(10)13-12(15-2)8-5-9-16(13)14(17)18/h3-4,6-7,12-13,15H,5,8-9H2,1-2H3,(H,17,18). The number of benzene rings is 1. The molecular weight excluding hydrogens is 228 g/mol. The van der Waals surface area contributed by atoms with Crippen molar-refractivity contribution >= 4 is 6.09 Å². The second-order valence-electron chi connectivity index (χ2n) is 4.81. The minimum atomic E-state index is -0.830. The van der Waals surface area contributed by atoms with E-state index >= 15 is 0 Å². The molecule has 4 heteroatoms. The van der Waals surface area contributed by atoms with Crippen LogP contribution in [0.5, 0.6) is 0 Å². The van der Waals surface area contributed by atoms with E-state index < -0.39 is 6.09 Å². The highest BCUT2D eigenvalue weighted by molar-refractivity contribution is 5.66. The fourth-order valence-electron chi connectivity index (χ4n) is 2.82. The molecule has 98 valence electrons. The van der Waals surface area contributed by atoms with Crippen LogP contribution in [0.25, 0.3) is 0 Å². The smallest absolute Gasteiger partial charge is 0.407 e. The number of likely N-dealkylation sites (tertiary alicyclic amines) is 1. The lowest BCUT2D eigenvalue weighted by Crippen LogP contribution is -2.49. The van der Waals surface area contributed by atoms with Gasteiger partial charge in [0, 0.05) is 12.6 Å². The third-order valence-corrected chi connectivity index (χ3v) is 3.75. The highest BCUT2D eigenvalue weighted by atomic mass is 16.4. The first-order chi connectivity index (χ1) is 8.65. The van der Waals surface area contributed by atoms with Crippen molar-refractivity contribution in [2.75, 3.05) is 13.6 Å². The maximum atomic E-state index is 11.4. The Kier molecular flexibility index (Phi) is 3.87. The summed E-state index contributed by atoms with van der Waals surface area (Å²) in [5, 5.41) is 12.6. The number of amides is 1. The molecule has 1 heterocycles. The van der Waals surface area contributed by atoms with Crippen molar-refractivity contribution in [1.82, 2.24) is 10.2 Å². The van der Waals surface area contributed by atoms with Crippen LogP contribution in [0.3, 0.4) is 0 Å². The number of carboxylic acid groups (broad SMARTS) is 1. The zero-order chi connectivity index (χ0) is 13.1. The van der Waals surface area contributed by atoms with Gasteiger partial charge in [-0.05, 0) is 37.9 Å². The average Bonchev–Trinajstić information content (AvgIpc) is 2.38. The van der Waals surface area contributed by atoms with E-state index in [9.17, 15) is 9.90 Å². The molecule has 18 heavy (non-hydrogen) atoms. The van der Waals surface area contributed by atoms with Crippen LogP contribution in [0.1, 0.15) is 30.0 Å². The Balaban J connectivity index is 2.40. The summed E-state index contributed by atoms with van der Waals surface area (Å²) in [5.74, 6) is 0. The Morgan fingerprint density at radius 2 is 2.17 bits per heavy atom. The lowest BCUT2D eigenvalue weighted by Gasteiger charge is -2.40. The molecule has 1 aromatic rings. The lowest BCUT2D eigenvalue weighted by molar-refractivity contribution is 0.0909. The third kappa shape index (κ3) is 2.34. The third-order valence-electron chi connectivity index (χ3n) is 3.75. The fraction of sp³-hybridized carbons (Fsp3) is 0.500. The van der Waals surface area contributed by atoms with Crippen molar-refractivity contribution in [2.45, 2.75) is 31.8 Å². The maximum absolute atomic E-state index is 11.4. The van der Waals surface area contributed by atoms with E-state index in [1.807, 2.05) is 38.2 Å². The molecule has 2 unspecified atom stereocenters. The predicted molar refractivity (Wildman–Crippen MR) is 70.7 cm³/mol. The van der Waals surface area contributed by atoms with Crippen molar-refractivity contribution in [3.05, 3.63) is 35.4 Å². The van der Waals surface area contributed by atoms with Crippen LogP contribution in [0.2, 0.25) is 0 Å². The normalized spacial score (nSPS) is 24.0. The summed E-state index contributed by atoms with van der Waals surface area (Å²) in [6, 6.07) is 8.14. The minimum absolute atomic E-state index is 0.0811. The molecule has 2 N–H and O–H groups in total. The molecule has 0 aromatic heterocycles. The van der Waals surface area contributed by atoms with Crippen LogP contribution in [-0.4, -0.2) is 35.7 Å². The van der Waals surface area contributed by atoms with Crippen molar-refractivity contribution in [3.63, 3.8) is 0 Å². The summed E-state index contributed by atoms with van der Waals surface area (Å²) in [6.45, 7) is 2.66. The van der Waals surface area contributed by atoms with E-state index in [-0.39, 0.29) is 12.1 Å². The molecule has 2 rings (SSSR count). The van der Waals surface area contributed by atoms with Crippen LogP contribution in [-0.2, 0) is 0 Å². The average molecular weight is 248 g/mol. The number of likely N-dealkylation sites (N-methyl/N-ethyl adjacent to an activating group) is 1. The highest BCUT2D eigenvalue weighted by Gasteiger charge is 2.35. The maximum Gasteiger partial charge on any atom is 0.407 e. The molecule has 0 aliphatic carbocycles. The molecule has 0 saturated carbocycles. The van der Waals surface area contributed by atoms with E-state index in [4.69, 9.17) is 0 Å². The first kappa shape index (κ1) is 12.9. The quantitative estimate of drug-likeness (QED) is 0.845. The van der Waals surface area contributed by atoms with Crippen molar-refractivity contribution in [3.8, 4) is 0 Å². The van der Waals surface area contributed by atoms with Gasteiger partial charge in [0.15, 0.2) is 0 Å². The summed E-state index contributed by atoms with van der Waals surface area (Å²) in [7, 11) is 1.90. The van der Waals surface area contributed by atoms with E-state index in [2.05, 4.69) is 5.32 Å². The number of nitrogens with one attached hydrogen (secondary N) is 1. The molecule has 2 atom stereocenters. The molecule has 1 aromatic carbocycles. The second-order valence-corrected chi connectivity index (χ2v) is 4.81. The Bertz CT molecular complexity index is 434. The van der Waals surface area contributed by atoms with Gasteiger partial charge in [-0.3, -0.25) is 4.90 Å². The molecule has 4 nitrogen and oxygen atoms in total. The van der Waals surface area contributed by atoms with Gasteiger partial charge in [0.05, 0.1) is 6.04 Å². The number of hydrogen-bond acceptors (Lipinski definition) is 2. The number of carbonyl (C=O) groups is 1. The van der Waals surface area contributed by atoms with Crippen LogP contribution in [0.15, 0.2) is 24.3 Å². The van der Waals surface area contributed by atoms with E-state index in [0.29, 0.717) is 6.54 Å². The zero-order valence-corrected chi connectivity index (χ0v) is 10.9. The molecule has 1 saturated heterocycles. The van der Waals surface area contributed by atoms with Gasteiger partial charge in [0.25, 0.3) is 0 Å². The molecule has 0 spiro atoms. The summed E-state index contributed by atoms with van der Waals surface area (Å²) >= 11 is 0. The molecule has 1 fully saturated rings. The molecule has 1 aliphatic heterocycles. The topological polar surface area (TPSA) is 52.6 Å². The summed E-state index contributed by atoms with van der Waals surface area (Å²) < 4.78 is 0. The molecular formula is C14H20N2O2. The fourth-order valence-corrected chi connectivity index (χ4v) is 2.82. The Hall–Kier alpha value is -1.55. The lowest BCUT2D eigenvalue weighted by atomic mass is 9.88. The Morgan fingerprint density at radius 3 is 2.78 bits per heavy atom. The van der Waals surface area contributed by atoms with Gasteiger partial charge in [-0.2, -0.15) is 0 Å². The van der Waals surface area contributed by atoms with Crippen molar-refractivity contribution < 1.29 is 9.90 Å². The van der Waals surface area contributed by atoms with Crippen LogP contribution in [0, 0.1) is 6.92 Å². The zero-order valence-electron chi connectivity index (χ0n) is 10.9. The van der Waals surface area contributed by atoms with Gasteiger partial charge >= 0.3 is 6.09 Å². The van der Waals surface area contributed by atoms with Crippen molar-refractivity contribution in [2.24, 2.45) is 0 Å². The van der Waals surface area contributed by atoms with Gasteiger partial charge in [0.1, 0.15) is 0 Å². The number of hydrogen-bond donors (Lipinski definition) is 2. The SMILES string of the molecule is CNC1CCCN(C(=O)O)C1c1ccccc1C. The number of piperidine rings is 1. The second kappa shape index (κ2) is 5.40. The highest BCUT2D eigenvalue weighted by Crippen LogP contribution is 2.32. The van der Waals surface area contributed by atoms with Crippen LogP contribution < -0.4 is 5.32 Å². The number of rotatable bonds is 2. The number of aryl methyl sites for hydroxylation is 1. The monoisotopic (exact) mass is 248 g/mol. The molecule has 1 amide bonds. The first-order valence-corrected chi connectivity index (χ1v) is 6.37.